The molecule has 0 heterocycles. The zero-order chi connectivity index (χ0) is 40.7. The number of allylic oxidation sites excluding steroid dienone is 3. The molecule has 0 saturated carbocycles. The Hall–Kier alpha value is -1.13. The first-order valence-electron chi connectivity index (χ1n) is 25.6. The van der Waals surface area contributed by atoms with Crippen molar-refractivity contribution < 1.29 is 15.0 Å². The largest absolute Gasteiger partial charge is 0.394 e. The zero-order valence-corrected chi connectivity index (χ0v) is 38.2. The molecule has 332 valence electrons. The van der Waals surface area contributed by atoms with Gasteiger partial charge in [-0.15, -0.1) is 0 Å². The van der Waals surface area contributed by atoms with Crippen LogP contribution >= 0.6 is 0 Å². The molecule has 0 rings (SSSR count). The molecule has 0 aliphatic carbocycles. The fourth-order valence-corrected chi connectivity index (χ4v) is 8.02. The number of aliphatic hydroxyl groups excluding tert-OH is 2. The van der Waals surface area contributed by atoms with Crippen molar-refractivity contribution in [3.63, 3.8) is 0 Å². The van der Waals surface area contributed by atoms with Gasteiger partial charge in [0.1, 0.15) is 0 Å². The van der Waals surface area contributed by atoms with E-state index >= 15 is 0 Å². The Bertz CT molecular complexity index is 810. The fraction of sp³-hybridized carbons (Fsp3) is 0.904. The Kier molecular flexibility index (Phi) is 47.3. The molecule has 0 fully saturated rings. The number of aliphatic hydroxyl groups is 2. The molecule has 0 aromatic rings. The molecular weight excluding hydrogens is 687 g/mol. The average molecular weight is 788 g/mol. The van der Waals surface area contributed by atoms with Crippen molar-refractivity contribution in [1.82, 2.24) is 5.32 Å². The molecule has 4 heteroatoms. The van der Waals surface area contributed by atoms with Crippen molar-refractivity contribution in [1.29, 1.82) is 0 Å². The third kappa shape index (κ3) is 44.0. The first kappa shape index (κ1) is 54.9. The Morgan fingerprint density at radius 1 is 0.411 bits per heavy atom. The molecule has 0 aliphatic rings. The van der Waals surface area contributed by atoms with Gasteiger partial charge in [-0.3, -0.25) is 4.79 Å². The number of hydrogen-bond donors (Lipinski definition) is 3. The summed E-state index contributed by atoms with van der Waals surface area (Å²) in [5.41, 5.74) is 0. The molecule has 0 aromatic heterocycles. The van der Waals surface area contributed by atoms with E-state index in [4.69, 9.17) is 0 Å². The van der Waals surface area contributed by atoms with Crippen molar-refractivity contribution in [3.05, 3.63) is 24.3 Å². The van der Waals surface area contributed by atoms with E-state index < -0.39 is 12.1 Å². The predicted molar refractivity (Wildman–Crippen MR) is 249 cm³/mol. The van der Waals surface area contributed by atoms with E-state index in [-0.39, 0.29) is 12.5 Å². The van der Waals surface area contributed by atoms with Gasteiger partial charge < -0.3 is 15.5 Å². The highest BCUT2D eigenvalue weighted by atomic mass is 16.3. The van der Waals surface area contributed by atoms with Crippen LogP contribution in [0.25, 0.3) is 0 Å². The quantitative estimate of drug-likeness (QED) is 0.0425. The van der Waals surface area contributed by atoms with Crippen molar-refractivity contribution in [3.8, 4) is 0 Å². The van der Waals surface area contributed by atoms with E-state index in [1.807, 2.05) is 6.08 Å². The lowest BCUT2D eigenvalue weighted by Crippen LogP contribution is -2.45. The highest BCUT2D eigenvalue weighted by Gasteiger charge is 2.17. The molecule has 0 spiro atoms. The van der Waals surface area contributed by atoms with E-state index in [1.165, 1.54) is 231 Å². The zero-order valence-electron chi connectivity index (χ0n) is 38.2. The number of hydrogen-bond acceptors (Lipinski definition) is 3. The number of nitrogens with one attached hydrogen (secondary N) is 1. The van der Waals surface area contributed by atoms with Crippen molar-refractivity contribution in [2.24, 2.45) is 0 Å². The lowest BCUT2D eigenvalue weighted by molar-refractivity contribution is -0.123. The van der Waals surface area contributed by atoms with E-state index in [0.717, 1.165) is 32.1 Å². The van der Waals surface area contributed by atoms with Crippen LogP contribution in [-0.2, 0) is 4.79 Å². The molecule has 1 amide bonds. The fourth-order valence-electron chi connectivity index (χ4n) is 8.02. The van der Waals surface area contributed by atoms with Gasteiger partial charge in [-0.2, -0.15) is 0 Å². The molecule has 4 nitrogen and oxygen atoms in total. The lowest BCUT2D eigenvalue weighted by Gasteiger charge is -2.19. The third-order valence-corrected chi connectivity index (χ3v) is 11.9. The second-order valence-corrected chi connectivity index (χ2v) is 17.6. The molecule has 56 heavy (non-hydrogen) atoms. The van der Waals surface area contributed by atoms with Crippen LogP contribution in [0.15, 0.2) is 24.3 Å². The summed E-state index contributed by atoms with van der Waals surface area (Å²) in [6.45, 7) is 4.30. The van der Waals surface area contributed by atoms with E-state index in [0.29, 0.717) is 6.42 Å². The Morgan fingerprint density at radius 3 is 1.04 bits per heavy atom. The van der Waals surface area contributed by atoms with Crippen LogP contribution in [0.3, 0.4) is 0 Å². The van der Waals surface area contributed by atoms with E-state index in [2.05, 4.69) is 31.3 Å². The van der Waals surface area contributed by atoms with Crippen molar-refractivity contribution in [2.45, 2.75) is 296 Å². The number of carbonyl (C=O) groups is 1. The maximum Gasteiger partial charge on any atom is 0.220 e. The normalized spacial score (nSPS) is 13.0. The summed E-state index contributed by atoms with van der Waals surface area (Å²) in [4.78, 5) is 12.4. The highest BCUT2D eigenvalue weighted by Crippen LogP contribution is 2.17. The van der Waals surface area contributed by atoms with Gasteiger partial charge >= 0.3 is 0 Å². The Balaban J connectivity index is 3.40. The van der Waals surface area contributed by atoms with Crippen LogP contribution in [0.2, 0.25) is 0 Å². The number of unbranched alkanes of at least 4 members (excludes halogenated alkanes) is 38. The standard InChI is InChI=1S/C52H101NO3/c1-3-5-7-9-11-13-15-17-18-19-20-21-22-23-24-25-26-27-28-29-30-31-32-33-34-35-36-38-40-42-44-46-48-52(56)53-50(49-54)51(55)47-45-43-41-39-37-16-14-12-10-8-6-4-2/h37,39,45,47,50-51,54-55H,3-36,38,40-44,46,48-49H2,1-2H3,(H,53,56)/b39-37+,47-45+. The van der Waals surface area contributed by atoms with Crippen LogP contribution in [0.1, 0.15) is 284 Å². The SMILES string of the molecule is CCCCCCCC/C=C/CC/C=C/C(O)C(CO)NC(=O)CCCCCCCCCCCCCCCCCCCCCCCCCCCCCCCCCC. The summed E-state index contributed by atoms with van der Waals surface area (Å²) in [7, 11) is 0. The maximum absolute atomic E-state index is 12.4. The lowest BCUT2D eigenvalue weighted by atomic mass is 10.0. The van der Waals surface area contributed by atoms with Gasteiger partial charge in [-0.1, -0.05) is 269 Å². The minimum Gasteiger partial charge on any atom is -0.394 e. The smallest absolute Gasteiger partial charge is 0.220 e. The van der Waals surface area contributed by atoms with Crippen molar-refractivity contribution >= 4 is 5.91 Å². The molecule has 0 aliphatic heterocycles. The van der Waals surface area contributed by atoms with Crippen molar-refractivity contribution in [2.75, 3.05) is 6.61 Å². The summed E-state index contributed by atoms with van der Waals surface area (Å²) in [6, 6.07) is -0.634. The predicted octanol–water partition coefficient (Wildman–Crippen LogP) is 16.4. The van der Waals surface area contributed by atoms with Gasteiger partial charge in [0, 0.05) is 6.42 Å². The average Bonchev–Trinajstić information content (AvgIpc) is 3.20. The second-order valence-electron chi connectivity index (χ2n) is 17.6. The summed E-state index contributed by atoms with van der Waals surface area (Å²) < 4.78 is 0. The number of amides is 1. The van der Waals surface area contributed by atoms with Crippen LogP contribution in [-0.4, -0.2) is 34.9 Å². The van der Waals surface area contributed by atoms with Crippen LogP contribution in [0.5, 0.6) is 0 Å². The summed E-state index contributed by atoms with van der Waals surface area (Å²) in [5, 5.41) is 23.0. The van der Waals surface area contributed by atoms with Gasteiger partial charge in [0.15, 0.2) is 0 Å². The Morgan fingerprint density at radius 2 is 0.696 bits per heavy atom. The van der Waals surface area contributed by atoms with Gasteiger partial charge in [-0.25, -0.2) is 0 Å². The maximum atomic E-state index is 12.4. The highest BCUT2D eigenvalue weighted by molar-refractivity contribution is 5.76. The van der Waals surface area contributed by atoms with E-state index in [9.17, 15) is 15.0 Å². The van der Waals surface area contributed by atoms with Crippen LogP contribution in [0.4, 0.5) is 0 Å². The molecule has 0 aromatic carbocycles. The van der Waals surface area contributed by atoms with Crippen LogP contribution in [0, 0.1) is 0 Å². The monoisotopic (exact) mass is 788 g/mol. The molecule has 3 N–H and O–H groups in total. The second kappa shape index (κ2) is 48.2. The summed E-state index contributed by atoms with van der Waals surface area (Å²) >= 11 is 0. The number of rotatable bonds is 47. The van der Waals surface area contributed by atoms with Crippen LogP contribution < -0.4 is 5.32 Å². The summed E-state index contributed by atoms with van der Waals surface area (Å²) in [6.07, 6.45) is 63.4. The van der Waals surface area contributed by atoms with Gasteiger partial charge in [-0.05, 0) is 32.1 Å². The number of carbonyl (C=O) groups excluding carboxylic acids is 1. The van der Waals surface area contributed by atoms with Gasteiger partial charge in [0.2, 0.25) is 5.91 Å². The Labute approximate surface area is 351 Å². The minimum absolute atomic E-state index is 0.0697. The third-order valence-electron chi connectivity index (χ3n) is 11.9. The van der Waals surface area contributed by atoms with Gasteiger partial charge in [0.05, 0.1) is 18.8 Å². The molecular formula is C52H101NO3. The molecule has 0 bridgehead atoms. The topological polar surface area (TPSA) is 69.6 Å². The molecule has 2 atom stereocenters. The van der Waals surface area contributed by atoms with E-state index in [1.54, 1.807) is 6.08 Å². The molecule has 2 unspecified atom stereocenters. The first-order valence-corrected chi connectivity index (χ1v) is 25.6. The molecule has 0 radical (unpaired) electrons. The first-order chi connectivity index (χ1) is 27.7. The molecule has 0 saturated heterocycles. The summed E-state index contributed by atoms with van der Waals surface area (Å²) in [5.74, 6) is -0.0697. The minimum atomic E-state index is -0.857. The van der Waals surface area contributed by atoms with Gasteiger partial charge in [0.25, 0.3) is 0 Å².